The summed E-state index contributed by atoms with van der Waals surface area (Å²) < 4.78 is 10.9. The van der Waals surface area contributed by atoms with Crippen LogP contribution in [-0.4, -0.2) is 43.3 Å². The van der Waals surface area contributed by atoms with E-state index in [1.165, 1.54) is 0 Å². The third kappa shape index (κ3) is 6.83. The summed E-state index contributed by atoms with van der Waals surface area (Å²) in [6.45, 7) is 5.12. The molecule has 0 bridgehead atoms. The molecule has 1 saturated heterocycles. The average molecular weight is 337 g/mol. The first-order valence-electron chi connectivity index (χ1n) is 8.46. The van der Waals surface area contributed by atoms with Crippen LogP contribution in [0.15, 0.2) is 24.3 Å². The molecule has 1 aromatic carbocycles. The summed E-state index contributed by atoms with van der Waals surface area (Å²) in [5.41, 5.74) is 1.10. The molecule has 0 aliphatic carbocycles. The fourth-order valence-electron chi connectivity index (χ4n) is 2.60. The number of thioether (sulfide) groups is 1. The van der Waals surface area contributed by atoms with Crippen molar-refractivity contribution in [1.29, 1.82) is 0 Å². The molecule has 128 valence electrons. The van der Waals surface area contributed by atoms with Crippen LogP contribution in [0.4, 0.5) is 0 Å². The number of ether oxygens (including phenoxy) is 2. The maximum absolute atomic E-state index is 12.0. The largest absolute Gasteiger partial charge is 0.494 e. The lowest BCUT2D eigenvalue weighted by Crippen LogP contribution is -2.27. The van der Waals surface area contributed by atoms with Crippen molar-refractivity contribution in [2.45, 2.75) is 37.9 Å². The second-order valence-electron chi connectivity index (χ2n) is 5.57. The highest BCUT2D eigenvalue weighted by Crippen LogP contribution is 2.21. The summed E-state index contributed by atoms with van der Waals surface area (Å²) in [5, 5.41) is 3.71. The monoisotopic (exact) mass is 337 g/mol. The van der Waals surface area contributed by atoms with Gasteiger partial charge in [0.05, 0.1) is 6.61 Å². The molecule has 1 amide bonds. The molecule has 1 aliphatic heterocycles. The number of hydrogen-bond acceptors (Lipinski definition) is 4. The number of hydrogen-bond donors (Lipinski definition) is 1. The topological polar surface area (TPSA) is 47.6 Å². The first-order valence-corrected chi connectivity index (χ1v) is 9.51. The van der Waals surface area contributed by atoms with Crippen molar-refractivity contribution in [2.24, 2.45) is 0 Å². The van der Waals surface area contributed by atoms with Crippen molar-refractivity contribution in [2.75, 3.05) is 32.1 Å². The maximum atomic E-state index is 12.0. The van der Waals surface area contributed by atoms with Gasteiger partial charge in [0.25, 0.3) is 0 Å². The quantitative estimate of drug-likeness (QED) is 0.704. The lowest BCUT2D eigenvalue weighted by atomic mass is 10.1. The van der Waals surface area contributed by atoms with E-state index in [0.29, 0.717) is 18.3 Å². The highest BCUT2D eigenvalue weighted by molar-refractivity contribution is 7.99. The van der Waals surface area contributed by atoms with Crippen LogP contribution in [0.2, 0.25) is 0 Å². The predicted molar refractivity (Wildman–Crippen MR) is 95.2 cm³/mol. The van der Waals surface area contributed by atoms with Gasteiger partial charge in [0, 0.05) is 37.2 Å². The number of amides is 1. The Kier molecular flexibility index (Phi) is 8.32. The van der Waals surface area contributed by atoms with Crippen molar-refractivity contribution < 1.29 is 14.3 Å². The van der Waals surface area contributed by atoms with Crippen LogP contribution in [0.1, 0.15) is 31.7 Å². The van der Waals surface area contributed by atoms with Gasteiger partial charge >= 0.3 is 0 Å². The van der Waals surface area contributed by atoms with E-state index < -0.39 is 0 Å². The van der Waals surface area contributed by atoms with E-state index in [9.17, 15) is 4.79 Å². The Morgan fingerprint density at radius 1 is 1.35 bits per heavy atom. The summed E-state index contributed by atoms with van der Waals surface area (Å²) in [5.74, 6) is 1.98. The van der Waals surface area contributed by atoms with Crippen LogP contribution >= 0.6 is 11.8 Å². The third-order valence-corrected chi connectivity index (χ3v) is 5.22. The lowest BCUT2D eigenvalue weighted by molar-refractivity contribution is -0.120. The molecule has 1 N–H and O–H groups in total. The van der Waals surface area contributed by atoms with Crippen molar-refractivity contribution in [3.63, 3.8) is 0 Å². The van der Waals surface area contributed by atoms with Crippen molar-refractivity contribution >= 4 is 17.7 Å². The van der Waals surface area contributed by atoms with Gasteiger partial charge < -0.3 is 14.8 Å². The van der Waals surface area contributed by atoms with Gasteiger partial charge in [-0.15, -0.1) is 0 Å². The Morgan fingerprint density at radius 3 is 2.91 bits per heavy atom. The molecule has 1 aliphatic rings. The fourth-order valence-corrected chi connectivity index (χ4v) is 3.68. The molecule has 1 aromatic rings. The number of carbonyl (C=O) groups excluding carboxylic acids is 1. The number of carbonyl (C=O) groups is 1. The van der Waals surface area contributed by atoms with Crippen LogP contribution in [0.25, 0.3) is 0 Å². The molecule has 0 saturated carbocycles. The SMILES string of the molecule is CCOc1ccccc1CCC(=O)NCCSC1CCOCC1. The zero-order valence-electron chi connectivity index (χ0n) is 13.9. The molecule has 0 unspecified atom stereocenters. The molecule has 1 heterocycles. The molecule has 4 nitrogen and oxygen atoms in total. The number of nitrogens with one attached hydrogen (secondary N) is 1. The molecule has 1 fully saturated rings. The third-order valence-electron chi connectivity index (χ3n) is 3.84. The second kappa shape index (κ2) is 10.6. The summed E-state index contributed by atoms with van der Waals surface area (Å²) in [4.78, 5) is 12.0. The molecule has 0 atom stereocenters. The van der Waals surface area contributed by atoms with E-state index in [1.54, 1.807) is 0 Å². The molecule has 23 heavy (non-hydrogen) atoms. The van der Waals surface area contributed by atoms with Gasteiger partial charge in [-0.25, -0.2) is 0 Å². The predicted octanol–water partition coefficient (Wildman–Crippen LogP) is 3.05. The Balaban J connectivity index is 1.61. The molecule has 5 heteroatoms. The van der Waals surface area contributed by atoms with Crippen LogP contribution in [0.5, 0.6) is 5.75 Å². The normalized spacial score (nSPS) is 15.3. The van der Waals surface area contributed by atoms with Gasteiger partial charge in [-0.1, -0.05) is 18.2 Å². The highest BCUT2D eigenvalue weighted by atomic mass is 32.2. The van der Waals surface area contributed by atoms with Crippen LogP contribution in [0.3, 0.4) is 0 Å². The number of benzene rings is 1. The van der Waals surface area contributed by atoms with E-state index in [0.717, 1.165) is 56.1 Å². The van der Waals surface area contributed by atoms with Gasteiger partial charge in [-0.05, 0) is 37.8 Å². The Labute approximate surface area is 143 Å². The Bertz CT molecular complexity index is 475. The van der Waals surface area contributed by atoms with Crippen molar-refractivity contribution in [3.8, 4) is 5.75 Å². The minimum absolute atomic E-state index is 0.115. The van der Waals surface area contributed by atoms with Crippen LogP contribution < -0.4 is 10.1 Å². The average Bonchev–Trinajstić information content (AvgIpc) is 2.59. The van der Waals surface area contributed by atoms with E-state index in [1.807, 2.05) is 43.0 Å². The first-order chi connectivity index (χ1) is 11.3. The maximum Gasteiger partial charge on any atom is 0.220 e. The Hall–Kier alpha value is -1.20. The number of rotatable bonds is 9. The number of para-hydroxylation sites is 1. The molecule has 0 aromatic heterocycles. The summed E-state index contributed by atoms with van der Waals surface area (Å²) in [7, 11) is 0. The van der Waals surface area contributed by atoms with E-state index >= 15 is 0 Å². The van der Waals surface area contributed by atoms with Gasteiger partial charge in [-0.2, -0.15) is 11.8 Å². The van der Waals surface area contributed by atoms with Crippen LogP contribution in [0, 0.1) is 0 Å². The van der Waals surface area contributed by atoms with E-state index in [4.69, 9.17) is 9.47 Å². The standard InChI is InChI=1S/C18H27NO3S/c1-2-22-17-6-4-3-5-15(17)7-8-18(20)19-11-14-23-16-9-12-21-13-10-16/h3-6,16H,2,7-14H2,1H3,(H,19,20). The number of aryl methyl sites for hydroxylation is 1. The summed E-state index contributed by atoms with van der Waals surface area (Å²) >= 11 is 1.95. The van der Waals surface area contributed by atoms with Crippen molar-refractivity contribution in [3.05, 3.63) is 29.8 Å². The first kappa shape index (κ1) is 18.1. The molecular formula is C18H27NO3S. The smallest absolute Gasteiger partial charge is 0.220 e. The van der Waals surface area contributed by atoms with Gasteiger partial charge in [0.2, 0.25) is 5.91 Å². The van der Waals surface area contributed by atoms with E-state index in [-0.39, 0.29) is 5.91 Å². The van der Waals surface area contributed by atoms with Gasteiger partial charge in [0.15, 0.2) is 0 Å². The minimum atomic E-state index is 0.115. The van der Waals surface area contributed by atoms with Gasteiger partial charge in [-0.3, -0.25) is 4.79 Å². The van der Waals surface area contributed by atoms with Crippen molar-refractivity contribution in [1.82, 2.24) is 5.32 Å². The minimum Gasteiger partial charge on any atom is -0.494 e. The van der Waals surface area contributed by atoms with E-state index in [2.05, 4.69) is 5.32 Å². The molecule has 0 spiro atoms. The van der Waals surface area contributed by atoms with Gasteiger partial charge in [0.1, 0.15) is 5.75 Å². The summed E-state index contributed by atoms with van der Waals surface area (Å²) in [6, 6.07) is 7.93. The molecule has 2 rings (SSSR count). The highest BCUT2D eigenvalue weighted by Gasteiger charge is 2.13. The molecule has 0 radical (unpaired) electrons. The summed E-state index contributed by atoms with van der Waals surface area (Å²) in [6.07, 6.45) is 3.49. The fraction of sp³-hybridized carbons (Fsp3) is 0.611. The zero-order chi connectivity index (χ0) is 16.3. The van der Waals surface area contributed by atoms with Crippen LogP contribution in [-0.2, 0) is 16.0 Å². The molecular weight excluding hydrogens is 310 g/mol. The lowest BCUT2D eigenvalue weighted by Gasteiger charge is -2.21. The second-order valence-corrected chi connectivity index (χ2v) is 6.98. The Morgan fingerprint density at radius 2 is 2.13 bits per heavy atom. The zero-order valence-corrected chi connectivity index (χ0v) is 14.7.